The van der Waals surface area contributed by atoms with E-state index in [9.17, 15) is 5.11 Å². The minimum absolute atomic E-state index is 0.134. The molecule has 0 unspecified atom stereocenters. The number of hydrogen-bond acceptors (Lipinski definition) is 3. The molecule has 3 atom stereocenters. The van der Waals surface area contributed by atoms with Crippen LogP contribution in [0.4, 0.5) is 0 Å². The van der Waals surface area contributed by atoms with Crippen LogP contribution in [0, 0.1) is 0 Å². The summed E-state index contributed by atoms with van der Waals surface area (Å²) >= 11 is 0. The lowest BCUT2D eigenvalue weighted by atomic mass is 9.90. The fourth-order valence-electron chi connectivity index (χ4n) is 3.64. The molecule has 3 nitrogen and oxygen atoms in total. The summed E-state index contributed by atoms with van der Waals surface area (Å²) in [5.41, 5.74) is 2.07. The molecule has 0 aromatic heterocycles. The lowest BCUT2D eigenvalue weighted by molar-refractivity contribution is 0.0995. The molecule has 0 radical (unpaired) electrons. The van der Waals surface area contributed by atoms with E-state index in [1.807, 2.05) is 42.5 Å². The van der Waals surface area contributed by atoms with Gasteiger partial charge in [0, 0.05) is 12.1 Å². The van der Waals surface area contributed by atoms with Crippen LogP contribution >= 0.6 is 0 Å². The van der Waals surface area contributed by atoms with E-state index < -0.39 is 6.10 Å². The molecule has 1 aliphatic rings. The van der Waals surface area contributed by atoms with Crippen LogP contribution in [0.25, 0.3) is 0 Å². The highest BCUT2D eigenvalue weighted by Gasteiger charge is 2.27. The van der Waals surface area contributed by atoms with Crippen LogP contribution in [0.5, 0.6) is 5.75 Å². The van der Waals surface area contributed by atoms with Crippen LogP contribution in [0.1, 0.15) is 56.3 Å². The quantitative estimate of drug-likeness (QED) is 0.774. The summed E-state index contributed by atoms with van der Waals surface area (Å²) in [4.78, 5) is 0. The molecular formula is C22H29NO2. The zero-order valence-electron chi connectivity index (χ0n) is 15.0. The van der Waals surface area contributed by atoms with Crippen molar-refractivity contribution in [2.75, 3.05) is 0 Å². The molecule has 2 N–H and O–H groups in total. The van der Waals surface area contributed by atoms with Gasteiger partial charge in [-0.05, 0) is 42.5 Å². The topological polar surface area (TPSA) is 41.5 Å². The van der Waals surface area contributed by atoms with Crippen molar-refractivity contribution in [3.63, 3.8) is 0 Å². The fraction of sp³-hybridized carbons (Fsp3) is 0.455. The molecule has 0 amide bonds. The molecule has 1 heterocycles. The van der Waals surface area contributed by atoms with Gasteiger partial charge in [-0.25, -0.2) is 0 Å². The monoisotopic (exact) mass is 339 g/mol. The number of aliphatic hydroxyl groups is 1. The molecule has 2 aromatic rings. The highest BCUT2D eigenvalue weighted by atomic mass is 16.5. The molecule has 3 heteroatoms. The van der Waals surface area contributed by atoms with Crippen molar-refractivity contribution in [1.29, 1.82) is 0 Å². The lowest BCUT2D eigenvalue weighted by Gasteiger charge is -2.34. The van der Waals surface area contributed by atoms with Crippen LogP contribution in [0.15, 0.2) is 54.6 Å². The first kappa shape index (κ1) is 18.0. The maximum atomic E-state index is 10.8. The van der Waals surface area contributed by atoms with E-state index in [1.165, 1.54) is 25.7 Å². The van der Waals surface area contributed by atoms with E-state index in [4.69, 9.17) is 4.74 Å². The summed E-state index contributed by atoms with van der Waals surface area (Å²) < 4.78 is 5.90. The van der Waals surface area contributed by atoms with Gasteiger partial charge in [0.15, 0.2) is 0 Å². The predicted octanol–water partition coefficient (Wildman–Crippen LogP) is 4.61. The number of aliphatic hydroxyl groups excluding tert-OH is 1. The minimum atomic E-state index is -0.486. The Morgan fingerprint density at radius 2 is 1.96 bits per heavy atom. The zero-order chi connectivity index (χ0) is 17.5. The number of nitrogens with one attached hydrogen (secondary N) is 1. The van der Waals surface area contributed by atoms with Crippen molar-refractivity contribution in [3.05, 3.63) is 65.7 Å². The van der Waals surface area contributed by atoms with Crippen LogP contribution in [0.2, 0.25) is 0 Å². The maximum Gasteiger partial charge on any atom is 0.120 e. The normalized spacial score (nSPS) is 21.7. The maximum absolute atomic E-state index is 10.8. The van der Waals surface area contributed by atoms with Gasteiger partial charge in [-0.15, -0.1) is 0 Å². The van der Waals surface area contributed by atoms with Crippen LogP contribution in [-0.2, 0) is 6.61 Å². The number of benzene rings is 2. The molecular weight excluding hydrogens is 310 g/mol. The summed E-state index contributed by atoms with van der Waals surface area (Å²) in [7, 11) is 0. The Balaban J connectivity index is 1.62. The second-order valence-electron chi connectivity index (χ2n) is 6.98. The van der Waals surface area contributed by atoms with Crippen LogP contribution in [0.3, 0.4) is 0 Å². The predicted molar refractivity (Wildman–Crippen MR) is 102 cm³/mol. The third-order valence-electron chi connectivity index (χ3n) is 4.98. The number of rotatable bonds is 7. The van der Waals surface area contributed by atoms with E-state index >= 15 is 0 Å². The van der Waals surface area contributed by atoms with Gasteiger partial charge in [0.25, 0.3) is 0 Å². The van der Waals surface area contributed by atoms with Gasteiger partial charge in [0.1, 0.15) is 12.4 Å². The van der Waals surface area contributed by atoms with Crippen LogP contribution < -0.4 is 10.1 Å². The van der Waals surface area contributed by atoms with E-state index in [2.05, 4.69) is 24.4 Å². The van der Waals surface area contributed by atoms with E-state index in [-0.39, 0.29) is 6.04 Å². The largest absolute Gasteiger partial charge is 0.489 e. The van der Waals surface area contributed by atoms with E-state index in [0.717, 1.165) is 23.3 Å². The standard InChI is InChI=1S/C22H29NO2/c1-2-8-19-12-7-14-21(23-19)22(24)18-11-6-13-20(15-18)25-16-17-9-4-3-5-10-17/h3-6,9-11,13,15,19,21-24H,2,7-8,12,14,16H2,1H3/t19-,21-,22+/m1/s1. The summed E-state index contributed by atoms with van der Waals surface area (Å²) in [5.74, 6) is 0.807. The first-order valence-electron chi connectivity index (χ1n) is 9.47. The zero-order valence-corrected chi connectivity index (χ0v) is 15.0. The Labute approximate surface area is 151 Å². The summed E-state index contributed by atoms with van der Waals surface area (Å²) in [6.45, 7) is 2.76. The third-order valence-corrected chi connectivity index (χ3v) is 4.98. The van der Waals surface area contributed by atoms with Gasteiger partial charge >= 0.3 is 0 Å². The van der Waals surface area contributed by atoms with Gasteiger partial charge in [-0.3, -0.25) is 0 Å². The van der Waals surface area contributed by atoms with E-state index in [1.54, 1.807) is 0 Å². The second-order valence-corrected chi connectivity index (χ2v) is 6.98. The van der Waals surface area contributed by atoms with Crippen molar-refractivity contribution in [2.24, 2.45) is 0 Å². The van der Waals surface area contributed by atoms with Gasteiger partial charge in [0.05, 0.1) is 6.10 Å². The number of ether oxygens (including phenoxy) is 1. The average molecular weight is 339 g/mol. The Morgan fingerprint density at radius 1 is 1.12 bits per heavy atom. The number of piperidine rings is 1. The van der Waals surface area contributed by atoms with Crippen molar-refractivity contribution in [3.8, 4) is 5.75 Å². The lowest BCUT2D eigenvalue weighted by Crippen LogP contribution is -2.45. The van der Waals surface area contributed by atoms with Gasteiger partial charge in [-0.1, -0.05) is 62.2 Å². The molecule has 1 fully saturated rings. The average Bonchev–Trinajstić information content (AvgIpc) is 2.67. The SMILES string of the molecule is CCC[C@@H]1CCC[C@H]([C@@H](O)c2cccc(OCc3ccccc3)c2)N1. The molecule has 0 saturated carbocycles. The van der Waals surface area contributed by atoms with Crippen LogP contribution in [-0.4, -0.2) is 17.2 Å². The van der Waals surface area contributed by atoms with Crippen molar-refractivity contribution in [2.45, 2.75) is 63.8 Å². The summed E-state index contributed by atoms with van der Waals surface area (Å²) in [5, 5.41) is 14.5. The Bertz CT molecular complexity index is 641. The molecule has 25 heavy (non-hydrogen) atoms. The minimum Gasteiger partial charge on any atom is -0.489 e. The molecule has 0 aliphatic carbocycles. The Hall–Kier alpha value is -1.84. The van der Waals surface area contributed by atoms with Crippen molar-refractivity contribution >= 4 is 0 Å². The fourth-order valence-corrected chi connectivity index (χ4v) is 3.64. The summed E-state index contributed by atoms with van der Waals surface area (Å²) in [6, 6.07) is 18.7. The Morgan fingerprint density at radius 3 is 2.76 bits per heavy atom. The molecule has 0 bridgehead atoms. The first-order chi connectivity index (χ1) is 12.3. The molecule has 2 aromatic carbocycles. The van der Waals surface area contributed by atoms with Gasteiger partial charge in [0.2, 0.25) is 0 Å². The third kappa shape index (κ3) is 5.07. The molecule has 1 saturated heterocycles. The first-order valence-corrected chi connectivity index (χ1v) is 9.47. The van der Waals surface area contributed by atoms with Crippen molar-refractivity contribution in [1.82, 2.24) is 5.32 Å². The van der Waals surface area contributed by atoms with Gasteiger partial charge in [-0.2, -0.15) is 0 Å². The Kier molecular flexibility index (Phi) is 6.48. The number of hydrogen-bond donors (Lipinski definition) is 2. The highest BCUT2D eigenvalue weighted by molar-refractivity contribution is 5.31. The molecule has 0 spiro atoms. The van der Waals surface area contributed by atoms with Gasteiger partial charge < -0.3 is 15.2 Å². The molecule has 3 rings (SSSR count). The van der Waals surface area contributed by atoms with E-state index in [0.29, 0.717) is 12.6 Å². The molecule has 1 aliphatic heterocycles. The van der Waals surface area contributed by atoms with Crippen molar-refractivity contribution < 1.29 is 9.84 Å². The highest BCUT2D eigenvalue weighted by Crippen LogP contribution is 2.28. The second kappa shape index (κ2) is 9.02. The molecule has 134 valence electrons. The summed E-state index contributed by atoms with van der Waals surface area (Å²) in [6.07, 6.45) is 5.31. The smallest absolute Gasteiger partial charge is 0.120 e.